The van der Waals surface area contributed by atoms with Gasteiger partial charge in [-0.3, -0.25) is 0 Å². The molecule has 0 amide bonds. The predicted molar refractivity (Wildman–Crippen MR) is 165 cm³/mol. The average molecular weight is 515 g/mol. The van der Waals surface area contributed by atoms with Gasteiger partial charge in [-0.1, -0.05) is 66.7 Å². The molecule has 0 N–H and O–H groups in total. The molecule has 0 bridgehead atoms. The van der Waals surface area contributed by atoms with E-state index >= 15 is 0 Å². The standard InChI is InChI=1S/C34H34N2OSi/c1-27-26-32(35(28-14-8-5-9-15-28)29-16-10-6-11-17-29)22-25-34(27)36(30-18-12-7-13-19-30)31-20-23-33(24-21-31)38(3,4)37-2/h5-26H,1-4H3. The Hall–Kier alpha value is -4.12. The smallest absolute Gasteiger partial charge is 0.217 e. The van der Waals surface area contributed by atoms with Crippen molar-refractivity contribution < 1.29 is 4.43 Å². The molecule has 0 atom stereocenters. The number of benzene rings is 5. The van der Waals surface area contributed by atoms with Crippen LogP contribution in [0.2, 0.25) is 13.1 Å². The molecule has 0 aliphatic carbocycles. The second-order valence-corrected chi connectivity index (χ2v) is 13.9. The summed E-state index contributed by atoms with van der Waals surface area (Å²) in [5.74, 6) is 0. The van der Waals surface area contributed by atoms with Gasteiger partial charge in [0.1, 0.15) is 0 Å². The molecule has 0 fully saturated rings. The normalized spacial score (nSPS) is 11.3. The minimum Gasteiger partial charge on any atom is -0.416 e. The van der Waals surface area contributed by atoms with Crippen molar-refractivity contribution in [3.63, 3.8) is 0 Å². The maximum Gasteiger partial charge on any atom is 0.217 e. The van der Waals surface area contributed by atoms with Crippen molar-refractivity contribution in [2.24, 2.45) is 0 Å². The Morgan fingerprint density at radius 2 is 0.921 bits per heavy atom. The molecule has 38 heavy (non-hydrogen) atoms. The first-order valence-corrected chi connectivity index (χ1v) is 15.9. The van der Waals surface area contributed by atoms with Crippen LogP contribution in [0.15, 0.2) is 133 Å². The van der Waals surface area contributed by atoms with E-state index in [2.05, 4.69) is 163 Å². The van der Waals surface area contributed by atoms with E-state index in [-0.39, 0.29) is 0 Å². The Bertz CT molecular complexity index is 1430. The minimum atomic E-state index is -1.89. The van der Waals surface area contributed by atoms with Crippen molar-refractivity contribution in [2.45, 2.75) is 20.0 Å². The van der Waals surface area contributed by atoms with Gasteiger partial charge in [0, 0.05) is 41.2 Å². The first-order valence-electron chi connectivity index (χ1n) is 13.0. The van der Waals surface area contributed by atoms with E-state index in [1.54, 1.807) is 0 Å². The van der Waals surface area contributed by atoms with Crippen LogP contribution in [0.3, 0.4) is 0 Å². The minimum absolute atomic E-state index is 1.12. The summed E-state index contributed by atoms with van der Waals surface area (Å²) in [7, 11) is -0.0742. The third kappa shape index (κ3) is 5.28. The maximum absolute atomic E-state index is 5.84. The van der Waals surface area contributed by atoms with E-state index in [1.807, 2.05) is 7.11 Å². The van der Waals surface area contributed by atoms with E-state index in [1.165, 1.54) is 10.8 Å². The summed E-state index contributed by atoms with van der Waals surface area (Å²) in [6.07, 6.45) is 0. The molecule has 5 aromatic rings. The molecule has 0 saturated heterocycles. The fourth-order valence-corrected chi connectivity index (χ4v) is 5.97. The SMILES string of the molecule is CO[Si](C)(C)c1ccc(N(c2ccccc2)c2ccc(N(c3ccccc3)c3ccccc3)cc2C)cc1. The molecule has 4 heteroatoms. The highest BCUT2D eigenvalue weighted by atomic mass is 28.4. The van der Waals surface area contributed by atoms with Gasteiger partial charge in [0.2, 0.25) is 8.32 Å². The Labute approximate surface area is 227 Å². The number of rotatable bonds is 8. The summed E-state index contributed by atoms with van der Waals surface area (Å²) in [5.41, 5.74) is 7.98. The van der Waals surface area contributed by atoms with Gasteiger partial charge >= 0.3 is 0 Å². The maximum atomic E-state index is 5.84. The third-order valence-electron chi connectivity index (χ3n) is 7.05. The van der Waals surface area contributed by atoms with Crippen molar-refractivity contribution in [1.29, 1.82) is 0 Å². The van der Waals surface area contributed by atoms with Crippen molar-refractivity contribution in [2.75, 3.05) is 16.9 Å². The average Bonchev–Trinajstić information content (AvgIpc) is 2.96. The fraction of sp³-hybridized carbons (Fsp3) is 0.118. The van der Waals surface area contributed by atoms with Crippen LogP contribution >= 0.6 is 0 Å². The van der Waals surface area contributed by atoms with Crippen molar-refractivity contribution in [1.82, 2.24) is 0 Å². The van der Waals surface area contributed by atoms with Crippen LogP contribution in [-0.4, -0.2) is 15.4 Å². The van der Waals surface area contributed by atoms with Gasteiger partial charge in [0.15, 0.2) is 0 Å². The van der Waals surface area contributed by atoms with Crippen molar-refractivity contribution >= 4 is 47.6 Å². The van der Waals surface area contributed by atoms with Crippen LogP contribution in [0.25, 0.3) is 0 Å². The van der Waals surface area contributed by atoms with Gasteiger partial charge in [-0.05, 0) is 97.5 Å². The first-order chi connectivity index (χ1) is 18.5. The molecule has 0 unspecified atom stereocenters. The van der Waals surface area contributed by atoms with Crippen molar-refractivity contribution in [3.8, 4) is 0 Å². The van der Waals surface area contributed by atoms with Crippen LogP contribution in [0.4, 0.5) is 34.1 Å². The van der Waals surface area contributed by atoms with Crippen LogP contribution < -0.4 is 15.0 Å². The fourth-order valence-electron chi connectivity index (χ4n) is 4.76. The summed E-state index contributed by atoms with van der Waals surface area (Å²) in [6.45, 7) is 6.65. The Morgan fingerprint density at radius 1 is 0.500 bits per heavy atom. The van der Waals surface area contributed by atoms with Crippen molar-refractivity contribution in [3.05, 3.63) is 139 Å². The lowest BCUT2D eigenvalue weighted by Gasteiger charge is -2.30. The molecule has 0 aliphatic heterocycles. The second kappa shape index (κ2) is 11.1. The molecule has 5 aromatic carbocycles. The van der Waals surface area contributed by atoms with Gasteiger partial charge in [-0.15, -0.1) is 0 Å². The monoisotopic (exact) mass is 514 g/mol. The summed E-state index contributed by atoms with van der Waals surface area (Å²) in [5, 5.41) is 1.28. The number of para-hydroxylation sites is 3. The zero-order chi connectivity index (χ0) is 26.5. The topological polar surface area (TPSA) is 15.7 Å². The second-order valence-electron chi connectivity index (χ2n) is 9.91. The van der Waals surface area contributed by atoms with Gasteiger partial charge in [0.05, 0.1) is 0 Å². The molecule has 3 nitrogen and oxygen atoms in total. The van der Waals surface area contributed by atoms with Crippen LogP contribution in [0.5, 0.6) is 0 Å². The van der Waals surface area contributed by atoms with E-state index in [0.29, 0.717) is 0 Å². The molecule has 5 rings (SSSR count). The summed E-state index contributed by atoms with van der Waals surface area (Å²) >= 11 is 0. The molecular formula is C34H34N2OSi. The summed E-state index contributed by atoms with van der Waals surface area (Å²) < 4.78 is 5.84. The van der Waals surface area contributed by atoms with E-state index in [4.69, 9.17) is 4.43 Å². The number of hydrogen-bond donors (Lipinski definition) is 0. The summed E-state index contributed by atoms with van der Waals surface area (Å²) in [4.78, 5) is 4.63. The highest BCUT2D eigenvalue weighted by molar-refractivity contribution is 6.84. The van der Waals surface area contributed by atoms with Crippen LogP contribution in [0, 0.1) is 6.92 Å². The van der Waals surface area contributed by atoms with Gasteiger partial charge in [0.25, 0.3) is 0 Å². The summed E-state index contributed by atoms with van der Waals surface area (Å²) in [6, 6.07) is 47.2. The van der Waals surface area contributed by atoms with Crippen LogP contribution in [0.1, 0.15) is 5.56 Å². The molecule has 0 aliphatic rings. The molecule has 0 aromatic heterocycles. The van der Waals surface area contributed by atoms with E-state index in [9.17, 15) is 0 Å². The Balaban J connectivity index is 1.59. The highest BCUT2D eigenvalue weighted by Gasteiger charge is 2.24. The molecule has 0 spiro atoms. The molecule has 0 saturated carbocycles. The Morgan fingerprint density at radius 3 is 1.37 bits per heavy atom. The van der Waals surface area contributed by atoms with Gasteiger partial charge in [-0.2, -0.15) is 0 Å². The highest BCUT2D eigenvalue weighted by Crippen LogP contribution is 2.40. The quantitative estimate of drug-likeness (QED) is 0.192. The van der Waals surface area contributed by atoms with Crippen LogP contribution in [-0.2, 0) is 4.43 Å². The third-order valence-corrected chi connectivity index (χ3v) is 9.80. The van der Waals surface area contributed by atoms with E-state index in [0.717, 1.165) is 34.1 Å². The number of anilines is 6. The zero-order valence-corrected chi connectivity index (χ0v) is 23.5. The molecular weight excluding hydrogens is 480 g/mol. The molecule has 190 valence electrons. The van der Waals surface area contributed by atoms with Gasteiger partial charge in [-0.25, -0.2) is 0 Å². The van der Waals surface area contributed by atoms with E-state index < -0.39 is 8.32 Å². The Kier molecular flexibility index (Phi) is 7.45. The van der Waals surface area contributed by atoms with Gasteiger partial charge < -0.3 is 14.2 Å². The predicted octanol–water partition coefficient (Wildman–Crippen LogP) is 8.99. The largest absolute Gasteiger partial charge is 0.416 e. The molecule has 0 heterocycles. The number of hydrogen-bond acceptors (Lipinski definition) is 3. The zero-order valence-electron chi connectivity index (χ0n) is 22.5. The number of nitrogens with zero attached hydrogens (tertiary/aromatic N) is 2. The number of aryl methyl sites for hydroxylation is 1. The lowest BCUT2D eigenvalue weighted by atomic mass is 10.1. The lowest BCUT2D eigenvalue weighted by molar-refractivity contribution is 0.416. The molecule has 0 radical (unpaired) electrons. The first kappa shape index (κ1) is 25.5. The lowest BCUT2D eigenvalue weighted by Crippen LogP contribution is -2.43.